The van der Waals surface area contributed by atoms with E-state index in [2.05, 4.69) is 25.4 Å². The Morgan fingerprint density at radius 3 is 2.50 bits per heavy atom. The predicted molar refractivity (Wildman–Crippen MR) is 87.5 cm³/mol. The van der Waals surface area contributed by atoms with Gasteiger partial charge in [-0.2, -0.15) is 0 Å². The second kappa shape index (κ2) is 12.9. The second-order valence-corrected chi connectivity index (χ2v) is 5.32. The minimum atomic E-state index is 0.123. The molecule has 0 saturated heterocycles. The van der Waals surface area contributed by atoms with Crippen molar-refractivity contribution in [3.8, 4) is 0 Å². The van der Waals surface area contributed by atoms with Gasteiger partial charge >= 0.3 is 0 Å². The van der Waals surface area contributed by atoms with Crippen LogP contribution in [-0.4, -0.2) is 18.5 Å². The van der Waals surface area contributed by atoms with Gasteiger partial charge in [-0.25, -0.2) is 0 Å². The van der Waals surface area contributed by atoms with Crippen LogP contribution in [0.25, 0.3) is 0 Å². The smallest absolute Gasteiger partial charge is 0.220 e. The molecule has 0 aromatic carbocycles. The van der Waals surface area contributed by atoms with Crippen molar-refractivity contribution < 1.29 is 4.79 Å². The number of carbonyl (C=O) groups excluding carboxylic acids is 1. The van der Waals surface area contributed by atoms with Crippen LogP contribution in [0.2, 0.25) is 0 Å². The predicted octanol–water partition coefficient (Wildman–Crippen LogP) is 3.70. The molecule has 0 fully saturated rings. The maximum absolute atomic E-state index is 11.8. The van der Waals surface area contributed by atoms with E-state index in [1.165, 1.54) is 12.8 Å². The quantitative estimate of drug-likeness (QED) is 0.399. The molecule has 3 N–H and O–H groups in total. The summed E-state index contributed by atoms with van der Waals surface area (Å²) in [6.45, 7) is 10.6. The standard InChI is InChI=1S/C17H32N2O/c1-4-6-7-8-9-12-15(3)16(5-2)19-17(20)13-10-11-14-18/h4,16H,1,3,5-14,18H2,2H3,(H,19,20). The molecule has 0 aliphatic carbocycles. The average molecular weight is 280 g/mol. The van der Waals surface area contributed by atoms with Gasteiger partial charge in [0, 0.05) is 12.5 Å². The summed E-state index contributed by atoms with van der Waals surface area (Å²) in [7, 11) is 0. The number of amides is 1. The zero-order valence-corrected chi connectivity index (χ0v) is 13.1. The molecule has 3 nitrogen and oxygen atoms in total. The summed E-state index contributed by atoms with van der Waals surface area (Å²) in [6.07, 6.45) is 10.8. The Balaban J connectivity index is 3.89. The molecule has 3 heteroatoms. The number of hydrogen-bond acceptors (Lipinski definition) is 2. The third kappa shape index (κ3) is 9.79. The number of nitrogens with one attached hydrogen (secondary N) is 1. The number of hydrogen-bond donors (Lipinski definition) is 2. The lowest BCUT2D eigenvalue weighted by Gasteiger charge is -2.19. The van der Waals surface area contributed by atoms with Crippen molar-refractivity contribution in [2.45, 2.75) is 70.8 Å². The highest BCUT2D eigenvalue weighted by atomic mass is 16.1. The van der Waals surface area contributed by atoms with E-state index in [-0.39, 0.29) is 11.9 Å². The first kappa shape index (κ1) is 18.9. The molecule has 0 aromatic heterocycles. The molecule has 116 valence electrons. The van der Waals surface area contributed by atoms with E-state index in [0.717, 1.165) is 44.1 Å². The van der Waals surface area contributed by atoms with Crippen molar-refractivity contribution in [3.05, 3.63) is 24.8 Å². The van der Waals surface area contributed by atoms with Crippen LogP contribution in [0.4, 0.5) is 0 Å². The highest BCUT2D eigenvalue weighted by molar-refractivity contribution is 5.76. The highest BCUT2D eigenvalue weighted by Gasteiger charge is 2.13. The maximum atomic E-state index is 11.8. The summed E-state index contributed by atoms with van der Waals surface area (Å²) in [5.74, 6) is 0.123. The van der Waals surface area contributed by atoms with Crippen LogP contribution in [-0.2, 0) is 4.79 Å². The molecule has 0 aromatic rings. The summed E-state index contributed by atoms with van der Waals surface area (Å²) in [4.78, 5) is 11.8. The van der Waals surface area contributed by atoms with Gasteiger partial charge in [0.25, 0.3) is 0 Å². The minimum absolute atomic E-state index is 0.123. The van der Waals surface area contributed by atoms with Gasteiger partial charge in [0.2, 0.25) is 5.91 Å². The van der Waals surface area contributed by atoms with E-state index < -0.39 is 0 Å². The van der Waals surface area contributed by atoms with Gasteiger partial charge in [0.05, 0.1) is 0 Å². The molecule has 0 saturated carbocycles. The van der Waals surface area contributed by atoms with Crippen LogP contribution in [0.5, 0.6) is 0 Å². The number of nitrogens with two attached hydrogens (primary N) is 1. The van der Waals surface area contributed by atoms with E-state index >= 15 is 0 Å². The van der Waals surface area contributed by atoms with Gasteiger partial charge in [0.15, 0.2) is 0 Å². The molecule has 0 aliphatic heterocycles. The van der Waals surface area contributed by atoms with Gasteiger partial charge < -0.3 is 11.1 Å². The lowest BCUT2D eigenvalue weighted by Crippen LogP contribution is -2.35. The molecular formula is C17H32N2O. The van der Waals surface area contributed by atoms with Crippen molar-refractivity contribution in [1.29, 1.82) is 0 Å². The third-order valence-corrected chi connectivity index (χ3v) is 3.50. The summed E-state index contributed by atoms with van der Waals surface area (Å²) >= 11 is 0. The SMILES string of the molecule is C=CCCCCCC(=C)C(CC)NC(=O)CCCCN. The highest BCUT2D eigenvalue weighted by Crippen LogP contribution is 2.14. The zero-order chi connectivity index (χ0) is 15.2. The Labute approximate surface area is 124 Å². The summed E-state index contributed by atoms with van der Waals surface area (Å²) in [5.41, 5.74) is 6.58. The molecule has 0 rings (SSSR count). The Kier molecular flexibility index (Phi) is 12.2. The lowest BCUT2D eigenvalue weighted by atomic mass is 9.99. The second-order valence-electron chi connectivity index (χ2n) is 5.32. The van der Waals surface area contributed by atoms with E-state index in [4.69, 9.17) is 5.73 Å². The van der Waals surface area contributed by atoms with Gasteiger partial charge in [-0.1, -0.05) is 31.6 Å². The summed E-state index contributed by atoms with van der Waals surface area (Å²) in [5, 5.41) is 3.08. The molecule has 1 unspecified atom stereocenters. The van der Waals surface area contributed by atoms with Crippen LogP contribution in [0, 0.1) is 0 Å². The Hall–Kier alpha value is -1.09. The molecule has 0 bridgehead atoms. The maximum Gasteiger partial charge on any atom is 0.220 e. The normalized spacial score (nSPS) is 11.9. The van der Waals surface area contributed by atoms with Crippen molar-refractivity contribution in [1.82, 2.24) is 5.32 Å². The van der Waals surface area contributed by atoms with Crippen LogP contribution < -0.4 is 11.1 Å². The number of allylic oxidation sites excluding steroid dienone is 1. The van der Waals surface area contributed by atoms with Gasteiger partial charge in [-0.3, -0.25) is 4.79 Å². The first-order valence-electron chi connectivity index (χ1n) is 7.93. The Morgan fingerprint density at radius 2 is 1.90 bits per heavy atom. The average Bonchev–Trinajstić information content (AvgIpc) is 2.44. The van der Waals surface area contributed by atoms with Crippen LogP contribution in [0.3, 0.4) is 0 Å². The summed E-state index contributed by atoms with van der Waals surface area (Å²) in [6, 6.07) is 0.125. The number of carbonyl (C=O) groups is 1. The lowest BCUT2D eigenvalue weighted by molar-refractivity contribution is -0.121. The molecule has 0 spiro atoms. The van der Waals surface area contributed by atoms with Crippen LogP contribution >= 0.6 is 0 Å². The van der Waals surface area contributed by atoms with Gasteiger partial charge in [-0.15, -0.1) is 6.58 Å². The van der Waals surface area contributed by atoms with Gasteiger partial charge in [0.1, 0.15) is 0 Å². The van der Waals surface area contributed by atoms with Gasteiger partial charge in [-0.05, 0) is 51.5 Å². The molecule has 1 amide bonds. The van der Waals surface area contributed by atoms with Crippen molar-refractivity contribution in [2.75, 3.05) is 6.54 Å². The summed E-state index contributed by atoms with van der Waals surface area (Å²) < 4.78 is 0. The van der Waals surface area contributed by atoms with Crippen molar-refractivity contribution in [3.63, 3.8) is 0 Å². The van der Waals surface area contributed by atoms with E-state index in [1.54, 1.807) is 0 Å². The Bertz CT molecular complexity index is 287. The molecule has 1 atom stereocenters. The fraction of sp³-hybridized carbons (Fsp3) is 0.706. The van der Waals surface area contributed by atoms with E-state index in [0.29, 0.717) is 13.0 Å². The van der Waals surface area contributed by atoms with Crippen molar-refractivity contribution >= 4 is 5.91 Å². The monoisotopic (exact) mass is 280 g/mol. The number of unbranched alkanes of at least 4 members (excludes halogenated alkanes) is 4. The Morgan fingerprint density at radius 1 is 1.20 bits per heavy atom. The largest absolute Gasteiger partial charge is 0.350 e. The minimum Gasteiger partial charge on any atom is -0.350 e. The topological polar surface area (TPSA) is 55.1 Å². The molecule has 0 heterocycles. The number of rotatable bonds is 13. The molecular weight excluding hydrogens is 248 g/mol. The molecule has 0 radical (unpaired) electrons. The van der Waals surface area contributed by atoms with Crippen LogP contribution in [0.15, 0.2) is 24.8 Å². The third-order valence-electron chi connectivity index (χ3n) is 3.50. The fourth-order valence-corrected chi connectivity index (χ4v) is 2.18. The zero-order valence-electron chi connectivity index (χ0n) is 13.1. The van der Waals surface area contributed by atoms with Crippen molar-refractivity contribution in [2.24, 2.45) is 5.73 Å². The van der Waals surface area contributed by atoms with E-state index in [1.807, 2.05) is 6.08 Å². The van der Waals surface area contributed by atoms with Crippen LogP contribution in [0.1, 0.15) is 64.7 Å². The molecule has 0 aliphatic rings. The first-order chi connectivity index (χ1) is 9.65. The fourth-order valence-electron chi connectivity index (χ4n) is 2.18. The van der Waals surface area contributed by atoms with E-state index in [9.17, 15) is 4.79 Å². The first-order valence-corrected chi connectivity index (χ1v) is 7.93. The molecule has 20 heavy (non-hydrogen) atoms.